The first kappa shape index (κ1) is 18.2. The molecule has 0 spiro atoms. The van der Waals surface area contributed by atoms with Crippen molar-refractivity contribution in [1.82, 2.24) is 14.9 Å². The second kappa shape index (κ2) is 7.46. The molecular weight excluding hydrogens is 354 g/mol. The number of allylic oxidation sites excluding steroid dienone is 2. The van der Waals surface area contributed by atoms with Crippen LogP contribution in [-0.2, 0) is 11.2 Å². The highest BCUT2D eigenvalue weighted by Gasteiger charge is 2.38. The normalized spacial score (nSPS) is 21.1. The summed E-state index contributed by atoms with van der Waals surface area (Å²) in [6, 6.07) is 8.74. The number of ether oxygens (including phenoxy) is 1. The third-order valence-corrected chi connectivity index (χ3v) is 5.45. The lowest BCUT2D eigenvalue weighted by atomic mass is 9.93. The van der Waals surface area contributed by atoms with E-state index < -0.39 is 6.04 Å². The predicted molar refractivity (Wildman–Crippen MR) is 107 cm³/mol. The number of nitrogens with zero attached hydrogens (tertiary/aromatic N) is 2. The van der Waals surface area contributed by atoms with E-state index in [2.05, 4.69) is 17.2 Å². The van der Waals surface area contributed by atoms with Gasteiger partial charge in [-0.05, 0) is 23.6 Å². The molecule has 0 radical (unpaired) electrons. The lowest BCUT2D eigenvalue weighted by Crippen LogP contribution is -2.50. The van der Waals surface area contributed by atoms with Crippen molar-refractivity contribution in [1.29, 1.82) is 0 Å². The van der Waals surface area contributed by atoms with E-state index in [-0.39, 0.29) is 29.3 Å². The SMILES string of the molecule is CCC(C)[C@@H]1NC(=O)[C@@H](Cc2ccccc2)n2c1nc1c(c2=O)C=CC=CO1. The van der Waals surface area contributed by atoms with E-state index in [9.17, 15) is 9.59 Å². The van der Waals surface area contributed by atoms with E-state index in [1.54, 1.807) is 22.8 Å². The molecule has 2 aromatic rings. The van der Waals surface area contributed by atoms with Crippen molar-refractivity contribution in [2.45, 2.75) is 38.8 Å². The largest absolute Gasteiger partial charge is 0.446 e. The van der Waals surface area contributed by atoms with Gasteiger partial charge < -0.3 is 10.1 Å². The molecule has 1 unspecified atom stereocenters. The molecule has 1 N–H and O–H groups in total. The first-order valence-electron chi connectivity index (χ1n) is 9.60. The summed E-state index contributed by atoms with van der Waals surface area (Å²) < 4.78 is 7.13. The molecule has 0 bridgehead atoms. The summed E-state index contributed by atoms with van der Waals surface area (Å²) in [5.41, 5.74) is 1.11. The predicted octanol–water partition coefficient (Wildman–Crippen LogP) is 3.16. The zero-order valence-electron chi connectivity index (χ0n) is 16.0. The van der Waals surface area contributed by atoms with Crippen LogP contribution in [0.1, 0.15) is 49.3 Å². The fraction of sp³-hybridized carbons (Fsp3) is 0.318. The standard InChI is InChI=1S/C22H23N3O3/c1-3-14(2)18-19-24-21-16(11-7-8-12-28-21)22(27)25(19)17(20(26)23-18)13-15-9-5-4-6-10-15/h4-12,14,17-18H,3,13H2,1-2H3,(H,23,26)/t14?,17-,18+/m1/s1. The first-order valence-corrected chi connectivity index (χ1v) is 9.60. The number of nitrogens with one attached hydrogen (secondary N) is 1. The first-order chi connectivity index (χ1) is 13.6. The molecule has 0 aliphatic carbocycles. The number of fused-ring (bicyclic) bond motifs is 2. The second-order valence-corrected chi connectivity index (χ2v) is 7.25. The fourth-order valence-corrected chi connectivity index (χ4v) is 3.68. The van der Waals surface area contributed by atoms with Gasteiger partial charge in [-0.3, -0.25) is 14.2 Å². The number of carbonyl (C=O) groups is 1. The van der Waals surface area contributed by atoms with Gasteiger partial charge in [0.1, 0.15) is 17.4 Å². The van der Waals surface area contributed by atoms with Gasteiger partial charge in [0.05, 0.1) is 12.3 Å². The molecule has 6 nitrogen and oxygen atoms in total. The Bertz CT molecular complexity index is 1010. The minimum Gasteiger partial charge on any atom is -0.446 e. The number of benzene rings is 1. The third kappa shape index (κ3) is 3.15. The Morgan fingerprint density at radius 2 is 2.00 bits per heavy atom. The third-order valence-electron chi connectivity index (χ3n) is 5.45. The number of amides is 1. The highest BCUT2D eigenvalue weighted by molar-refractivity contribution is 5.82. The van der Waals surface area contributed by atoms with Crippen molar-refractivity contribution >= 4 is 12.0 Å². The molecule has 144 valence electrons. The number of aromatic nitrogens is 2. The molecule has 2 aliphatic heterocycles. The average molecular weight is 377 g/mol. The van der Waals surface area contributed by atoms with Crippen LogP contribution in [-0.4, -0.2) is 15.5 Å². The van der Waals surface area contributed by atoms with Crippen molar-refractivity contribution in [3.8, 4) is 5.88 Å². The molecule has 3 heterocycles. The highest BCUT2D eigenvalue weighted by Crippen LogP contribution is 2.32. The Morgan fingerprint density at radius 1 is 1.21 bits per heavy atom. The van der Waals surface area contributed by atoms with Crippen LogP contribution in [0.25, 0.3) is 6.08 Å². The average Bonchev–Trinajstić information content (AvgIpc) is 2.96. The van der Waals surface area contributed by atoms with Crippen molar-refractivity contribution in [3.63, 3.8) is 0 Å². The van der Waals surface area contributed by atoms with Gasteiger partial charge in [-0.15, -0.1) is 0 Å². The van der Waals surface area contributed by atoms with Crippen LogP contribution < -0.4 is 15.6 Å². The maximum atomic E-state index is 13.4. The van der Waals surface area contributed by atoms with Crippen LogP contribution in [0.15, 0.2) is 53.5 Å². The lowest BCUT2D eigenvalue weighted by molar-refractivity contribution is -0.127. The smallest absolute Gasteiger partial charge is 0.265 e. The summed E-state index contributed by atoms with van der Waals surface area (Å²) in [7, 11) is 0. The molecule has 2 aliphatic rings. The molecule has 4 rings (SSSR count). The van der Waals surface area contributed by atoms with Gasteiger partial charge in [0.15, 0.2) is 0 Å². The van der Waals surface area contributed by atoms with E-state index in [4.69, 9.17) is 4.74 Å². The number of carbonyl (C=O) groups excluding carboxylic acids is 1. The van der Waals surface area contributed by atoms with Crippen LogP contribution in [0.3, 0.4) is 0 Å². The molecule has 0 saturated carbocycles. The fourth-order valence-electron chi connectivity index (χ4n) is 3.68. The Labute approximate surface area is 163 Å². The van der Waals surface area contributed by atoms with Gasteiger partial charge in [0.25, 0.3) is 5.56 Å². The van der Waals surface area contributed by atoms with Gasteiger partial charge >= 0.3 is 0 Å². The molecular formula is C22H23N3O3. The second-order valence-electron chi connectivity index (χ2n) is 7.25. The van der Waals surface area contributed by atoms with Gasteiger partial charge in [-0.1, -0.05) is 56.7 Å². The lowest BCUT2D eigenvalue weighted by Gasteiger charge is -2.35. The Kier molecular flexibility index (Phi) is 4.86. The summed E-state index contributed by atoms with van der Waals surface area (Å²) in [5, 5.41) is 3.09. The van der Waals surface area contributed by atoms with E-state index >= 15 is 0 Å². The summed E-state index contributed by atoms with van der Waals surface area (Å²) >= 11 is 0. The van der Waals surface area contributed by atoms with Crippen LogP contribution in [0, 0.1) is 5.92 Å². The molecule has 1 amide bonds. The zero-order valence-corrected chi connectivity index (χ0v) is 16.0. The summed E-state index contributed by atoms with van der Waals surface area (Å²) in [6.07, 6.45) is 7.92. The van der Waals surface area contributed by atoms with Crippen molar-refractivity contribution in [2.24, 2.45) is 5.92 Å². The van der Waals surface area contributed by atoms with Crippen molar-refractivity contribution in [2.75, 3.05) is 0 Å². The number of rotatable bonds is 4. The quantitative estimate of drug-likeness (QED) is 0.888. The molecule has 28 heavy (non-hydrogen) atoms. The van der Waals surface area contributed by atoms with Gasteiger partial charge in [-0.25, -0.2) is 0 Å². The molecule has 6 heteroatoms. The van der Waals surface area contributed by atoms with Crippen LogP contribution in [0.5, 0.6) is 5.88 Å². The monoisotopic (exact) mass is 377 g/mol. The van der Waals surface area contributed by atoms with E-state index in [0.29, 0.717) is 17.8 Å². The minimum absolute atomic E-state index is 0.134. The molecule has 0 saturated heterocycles. The van der Waals surface area contributed by atoms with Crippen LogP contribution in [0.2, 0.25) is 0 Å². The van der Waals surface area contributed by atoms with E-state index in [0.717, 1.165) is 12.0 Å². The topological polar surface area (TPSA) is 73.2 Å². The highest BCUT2D eigenvalue weighted by atomic mass is 16.5. The Morgan fingerprint density at radius 3 is 2.75 bits per heavy atom. The van der Waals surface area contributed by atoms with Crippen LogP contribution in [0.4, 0.5) is 0 Å². The maximum Gasteiger partial charge on any atom is 0.265 e. The zero-order chi connectivity index (χ0) is 19.7. The number of hydrogen-bond acceptors (Lipinski definition) is 4. The maximum absolute atomic E-state index is 13.4. The summed E-state index contributed by atoms with van der Waals surface area (Å²) in [6.45, 7) is 4.10. The summed E-state index contributed by atoms with van der Waals surface area (Å²) in [5.74, 6) is 0.823. The van der Waals surface area contributed by atoms with Crippen molar-refractivity contribution < 1.29 is 9.53 Å². The Balaban J connectivity index is 1.89. The molecule has 1 aromatic heterocycles. The van der Waals surface area contributed by atoms with E-state index in [1.165, 1.54) is 6.26 Å². The minimum atomic E-state index is -0.646. The van der Waals surface area contributed by atoms with E-state index in [1.807, 2.05) is 37.3 Å². The Hall–Kier alpha value is -3.15. The molecule has 0 fully saturated rings. The number of hydrogen-bond donors (Lipinski definition) is 1. The molecule has 3 atom stereocenters. The van der Waals surface area contributed by atoms with Gasteiger partial charge in [0, 0.05) is 6.42 Å². The van der Waals surface area contributed by atoms with Crippen LogP contribution >= 0.6 is 0 Å². The van der Waals surface area contributed by atoms with Crippen molar-refractivity contribution in [3.05, 3.63) is 76.1 Å². The van der Waals surface area contributed by atoms with Gasteiger partial charge in [-0.2, -0.15) is 4.98 Å². The molecule has 1 aromatic carbocycles. The summed E-state index contributed by atoms with van der Waals surface area (Å²) in [4.78, 5) is 31.1. The van der Waals surface area contributed by atoms with Gasteiger partial charge in [0.2, 0.25) is 11.8 Å².